The van der Waals surface area contributed by atoms with Gasteiger partial charge in [0.25, 0.3) is 0 Å². The fourth-order valence-electron chi connectivity index (χ4n) is 11.4. The van der Waals surface area contributed by atoms with E-state index in [1.807, 2.05) is 0 Å². The standard InChI is InChI=1S/C66H54N2/c1-65(2,3)63-53-31-19-29-51-56(44-35-39-50(40-36-44)68(47-25-15-9-16-26-47)48-27-17-10-18-28-48)42-58-62(59(51)53)61-57(63)41-55(52-30-20-32-54(60(52)61)64(58)66(4,5)6)43-33-37-49(38-34-43)67(45-21-11-7-12-22-45)46-23-13-8-14-24-46/h7-42H,1-6H3. The molecule has 328 valence electrons. The van der Waals surface area contributed by atoms with Gasteiger partial charge in [0, 0.05) is 34.1 Å². The Morgan fingerprint density at radius 1 is 0.250 bits per heavy atom. The number of benzene rings is 12. The molecule has 0 saturated heterocycles. The maximum Gasteiger partial charge on any atom is 0.0462 e. The van der Waals surface area contributed by atoms with Crippen LogP contribution < -0.4 is 9.80 Å². The molecular formula is C66H54N2. The van der Waals surface area contributed by atoms with Crippen molar-refractivity contribution < 1.29 is 0 Å². The second kappa shape index (κ2) is 15.9. The third-order valence-corrected chi connectivity index (χ3v) is 14.1. The van der Waals surface area contributed by atoms with Crippen LogP contribution in [-0.4, -0.2) is 0 Å². The summed E-state index contributed by atoms with van der Waals surface area (Å²) >= 11 is 0. The molecule has 0 heterocycles. The van der Waals surface area contributed by atoms with Crippen LogP contribution >= 0.6 is 0 Å². The van der Waals surface area contributed by atoms with Crippen molar-refractivity contribution in [1.82, 2.24) is 0 Å². The predicted octanol–water partition coefficient (Wildman–Crippen LogP) is 19.2. The van der Waals surface area contributed by atoms with Crippen molar-refractivity contribution in [3.05, 3.63) is 230 Å². The van der Waals surface area contributed by atoms with Crippen LogP contribution in [0.3, 0.4) is 0 Å². The normalized spacial score (nSPS) is 12.3. The van der Waals surface area contributed by atoms with E-state index in [2.05, 4.69) is 270 Å². The molecule has 0 spiro atoms. The first-order valence-electron chi connectivity index (χ1n) is 24.0. The largest absolute Gasteiger partial charge is 0.311 e. The van der Waals surface area contributed by atoms with Crippen molar-refractivity contribution in [2.75, 3.05) is 9.80 Å². The summed E-state index contributed by atoms with van der Waals surface area (Å²) in [5.41, 5.74) is 14.3. The lowest BCUT2D eigenvalue weighted by Gasteiger charge is -2.32. The van der Waals surface area contributed by atoms with E-state index in [1.54, 1.807) is 0 Å². The molecule has 2 nitrogen and oxygen atoms in total. The van der Waals surface area contributed by atoms with Crippen molar-refractivity contribution in [3.63, 3.8) is 0 Å². The Kier molecular flexibility index (Phi) is 9.67. The molecule has 0 bridgehead atoms. The van der Waals surface area contributed by atoms with Gasteiger partial charge < -0.3 is 9.80 Å². The van der Waals surface area contributed by atoms with Gasteiger partial charge in [-0.25, -0.2) is 0 Å². The van der Waals surface area contributed by atoms with Gasteiger partial charge in [0.2, 0.25) is 0 Å². The molecule has 0 N–H and O–H groups in total. The highest BCUT2D eigenvalue weighted by Crippen LogP contribution is 2.55. The number of hydrogen-bond donors (Lipinski definition) is 0. The first-order chi connectivity index (χ1) is 33.0. The van der Waals surface area contributed by atoms with Crippen LogP contribution in [0.25, 0.3) is 76.1 Å². The molecule has 0 aliphatic heterocycles. The quantitative estimate of drug-likeness (QED) is 0.111. The molecular weight excluding hydrogens is 821 g/mol. The van der Waals surface area contributed by atoms with Gasteiger partial charge in [-0.1, -0.05) is 175 Å². The fraction of sp³-hybridized carbons (Fsp3) is 0.121. The topological polar surface area (TPSA) is 6.48 Å². The average Bonchev–Trinajstić information content (AvgIpc) is 3.35. The summed E-state index contributed by atoms with van der Waals surface area (Å²) < 4.78 is 0. The number of hydrogen-bond acceptors (Lipinski definition) is 2. The minimum Gasteiger partial charge on any atom is -0.311 e. The summed E-state index contributed by atoms with van der Waals surface area (Å²) in [4.78, 5) is 4.68. The molecule has 0 atom stereocenters. The van der Waals surface area contributed by atoms with Crippen LogP contribution in [0.5, 0.6) is 0 Å². The van der Waals surface area contributed by atoms with Crippen LogP contribution in [0.1, 0.15) is 52.7 Å². The van der Waals surface area contributed by atoms with Crippen molar-refractivity contribution >= 4 is 88.0 Å². The molecule has 0 amide bonds. The third-order valence-electron chi connectivity index (χ3n) is 14.1. The Morgan fingerprint density at radius 3 is 0.824 bits per heavy atom. The van der Waals surface area contributed by atoms with E-state index < -0.39 is 0 Å². The van der Waals surface area contributed by atoms with E-state index in [-0.39, 0.29) is 10.8 Å². The van der Waals surface area contributed by atoms with E-state index in [4.69, 9.17) is 0 Å². The lowest BCUT2D eigenvalue weighted by molar-refractivity contribution is 0.600. The van der Waals surface area contributed by atoms with E-state index in [0.717, 1.165) is 34.1 Å². The molecule has 2 heteroatoms. The Bertz CT molecular complexity index is 3420. The zero-order valence-corrected chi connectivity index (χ0v) is 39.7. The number of para-hydroxylation sites is 4. The summed E-state index contributed by atoms with van der Waals surface area (Å²) in [6, 6.07) is 80.4. The number of rotatable bonds is 8. The highest BCUT2D eigenvalue weighted by Gasteiger charge is 2.31. The van der Waals surface area contributed by atoms with Gasteiger partial charge >= 0.3 is 0 Å². The van der Waals surface area contributed by atoms with Gasteiger partial charge in [-0.15, -0.1) is 0 Å². The van der Waals surface area contributed by atoms with E-state index >= 15 is 0 Å². The van der Waals surface area contributed by atoms with Crippen molar-refractivity contribution in [2.45, 2.75) is 52.4 Å². The SMILES string of the molecule is CC(C)(C)c1c2cccc3c(-c4ccc(N(c5ccccc5)c5ccccc5)cc4)cc4c(C(C)(C)C)c5cccc6c(-c7ccc(N(c8ccccc8)c8ccccc8)cc7)cc1c(c65)c4c32. The Hall–Kier alpha value is -7.94. The minimum atomic E-state index is -0.151. The van der Waals surface area contributed by atoms with Crippen molar-refractivity contribution in [3.8, 4) is 22.3 Å². The second-order valence-corrected chi connectivity index (χ2v) is 20.5. The molecule has 0 fully saturated rings. The van der Waals surface area contributed by atoms with Crippen LogP contribution in [0.4, 0.5) is 34.1 Å². The first kappa shape index (κ1) is 41.5. The zero-order valence-electron chi connectivity index (χ0n) is 39.7. The smallest absolute Gasteiger partial charge is 0.0462 e. The molecule has 68 heavy (non-hydrogen) atoms. The Balaban J connectivity index is 1.10. The summed E-state index contributed by atoms with van der Waals surface area (Å²) in [7, 11) is 0. The molecule has 12 aromatic carbocycles. The summed E-state index contributed by atoms with van der Waals surface area (Å²) in [5.74, 6) is 0. The predicted molar refractivity (Wildman–Crippen MR) is 294 cm³/mol. The highest BCUT2D eigenvalue weighted by molar-refractivity contribution is 6.41. The minimum absolute atomic E-state index is 0.151. The number of nitrogens with zero attached hydrogens (tertiary/aromatic N) is 2. The summed E-state index contributed by atoms with van der Waals surface area (Å²) in [5, 5.41) is 13.5. The molecule has 12 aromatic rings. The molecule has 0 aliphatic carbocycles. The van der Waals surface area contributed by atoms with Crippen LogP contribution in [0, 0.1) is 0 Å². The molecule has 0 saturated carbocycles. The molecule has 0 aromatic heterocycles. The third kappa shape index (κ3) is 6.69. The zero-order chi connectivity index (χ0) is 46.3. The summed E-state index contributed by atoms with van der Waals surface area (Å²) in [6.45, 7) is 14.4. The van der Waals surface area contributed by atoms with Crippen LogP contribution in [0.15, 0.2) is 218 Å². The maximum atomic E-state index is 2.54. The lowest BCUT2D eigenvalue weighted by atomic mass is 9.71. The van der Waals surface area contributed by atoms with Crippen molar-refractivity contribution in [1.29, 1.82) is 0 Å². The highest BCUT2D eigenvalue weighted by atomic mass is 15.1. The van der Waals surface area contributed by atoms with E-state index in [1.165, 1.54) is 87.2 Å². The molecule has 12 rings (SSSR count). The second-order valence-electron chi connectivity index (χ2n) is 20.5. The number of anilines is 6. The van der Waals surface area contributed by atoms with Gasteiger partial charge in [-0.2, -0.15) is 0 Å². The average molecular weight is 875 g/mol. The molecule has 0 aliphatic rings. The van der Waals surface area contributed by atoms with Crippen LogP contribution in [-0.2, 0) is 10.8 Å². The van der Waals surface area contributed by atoms with E-state index in [0.29, 0.717) is 0 Å². The molecule has 0 unspecified atom stereocenters. The van der Waals surface area contributed by atoms with E-state index in [9.17, 15) is 0 Å². The first-order valence-corrected chi connectivity index (χ1v) is 24.0. The monoisotopic (exact) mass is 874 g/mol. The summed E-state index contributed by atoms with van der Waals surface area (Å²) in [6.07, 6.45) is 0. The maximum absolute atomic E-state index is 2.54. The Labute approximate surface area is 400 Å². The van der Waals surface area contributed by atoms with Gasteiger partial charge in [0.1, 0.15) is 0 Å². The van der Waals surface area contributed by atoms with Gasteiger partial charge in [-0.3, -0.25) is 0 Å². The molecule has 0 radical (unpaired) electrons. The van der Waals surface area contributed by atoms with Crippen LogP contribution in [0.2, 0.25) is 0 Å². The van der Waals surface area contributed by atoms with Gasteiger partial charge in [0.05, 0.1) is 0 Å². The van der Waals surface area contributed by atoms with Gasteiger partial charge in [-0.05, 0) is 183 Å². The Morgan fingerprint density at radius 2 is 0.529 bits per heavy atom. The lowest BCUT2D eigenvalue weighted by Crippen LogP contribution is -2.16. The van der Waals surface area contributed by atoms with Gasteiger partial charge in [0.15, 0.2) is 0 Å². The fourth-order valence-corrected chi connectivity index (χ4v) is 11.4. The van der Waals surface area contributed by atoms with Crippen molar-refractivity contribution in [2.24, 2.45) is 0 Å².